The molecule has 4 fully saturated rings. The Morgan fingerprint density at radius 1 is 0.309 bits per heavy atom. The van der Waals surface area contributed by atoms with Crippen LogP contribution in [0, 0.1) is 11.6 Å². The van der Waals surface area contributed by atoms with Crippen LogP contribution in [0.25, 0.3) is 33.8 Å². The Labute approximate surface area is 718 Å². The van der Waals surface area contributed by atoms with Gasteiger partial charge in [0.1, 0.15) is 29.1 Å². The number of nitrogens with zero attached hydrogens (tertiary/aromatic N) is 14. The molecule has 16 rings (SSSR count). The van der Waals surface area contributed by atoms with Crippen molar-refractivity contribution in [2.45, 2.75) is 19.3 Å². The molecule has 3 aromatic heterocycles. The van der Waals surface area contributed by atoms with E-state index in [1.165, 1.54) is 42.1 Å². The number of hydrogen-bond donors (Lipinski definition) is 6. The summed E-state index contributed by atoms with van der Waals surface area (Å²) in [4.78, 5) is 83.1. The summed E-state index contributed by atoms with van der Waals surface area (Å²) >= 11 is 0. The SMILES string of the molecule is C=CC(=O)Cc1cccc(-c2cc(Nc3ccc(N4CCN(C)CC4)c(F)c3)nc(Nc3cccc(N4CCN(C)CC4)c3)n2)c1.C=CC(=O)Cc1cccc(-c2cc(Nc3cccc(F)c3)nc(Nc3cccc(N4CCN(C)CC4)c3)n2)c1.C=CC(=O)Cc1cccc(-c2cc(Nc3ccccc3)nc(Nc3cccc(N4CCN(C)CC4)c3)n2)c1. The van der Waals surface area contributed by atoms with E-state index in [0.29, 0.717) is 70.2 Å². The van der Waals surface area contributed by atoms with Crippen LogP contribution < -0.4 is 51.5 Å². The maximum atomic E-state index is 15.4. The number of benzene rings is 9. The van der Waals surface area contributed by atoms with E-state index < -0.39 is 0 Å². The highest BCUT2D eigenvalue weighted by molar-refractivity contribution is 5.92. The molecule has 0 aliphatic carbocycles. The van der Waals surface area contributed by atoms with Crippen molar-refractivity contribution in [1.82, 2.24) is 49.5 Å². The first-order valence-corrected chi connectivity index (χ1v) is 41.5. The third kappa shape index (κ3) is 24.5. The molecule has 6 N–H and O–H groups in total. The number of nitrogens with one attached hydrogen (secondary N) is 6. The summed E-state index contributed by atoms with van der Waals surface area (Å²) in [6, 6.07) is 75.1. The lowest BCUT2D eigenvalue weighted by atomic mass is 10.0. The molecule has 9 aromatic carbocycles. The fraction of sp³-hybridized carbons (Fsp3) is 0.235. The van der Waals surface area contributed by atoms with Crippen LogP contribution in [0.5, 0.6) is 0 Å². The molecule has 7 heterocycles. The number of ketones is 3. The average Bonchev–Trinajstić information content (AvgIpc) is 0.816. The van der Waals surface area contributed by atoms with Gasteiger partial charge >= 0.3 is 0 Å². The predicted molar refractivity (Wildman–Crippen MR) is 496 cm³/mol. The molecule has 4 saturated heterocycles. The predicted octanol–water partition coefficient (Wildman–Crippen LogP) is 17.1. The van der Waals surface area contributed by atoms with Gasteiger partial charge in [0.15, 0.2) is 17.3 Å². The summed E-state index contributed by atoms with van der Waals surface area (Å²) in [6.45, 7) is 26.2. The Balaban J connectivity index is 0.000000151. The summed E-state index contributed by atoms with van der Waals surface area (Å²) in [5.74, 6) is 2.26. The topological polar surface area (TPSA) is 227 Å². The molecule has 0 saturated carbocycles. The zero-order valence-electron chi connectivity index (χ0n) is 70.0. The first kappa shape index (κ1) is 85.6. The van der Waals surface area contributed by atoms with E-state index in [2.05, 4.69) is 166 Å². The molecule has 628 valence electrons. The lowest BCUT2D eigenvalue weighted by Gasteiger charge is -2.34. The van der Waals surface area contributed by atoms with Crippen LogP contribution in [-0.2, 0) is 33.6 Å². The Morgan fingerprint density at radius 3 is 0.959 bits per heavy atom. The van der Waals surface area contributed by atoms with Gasteiger partial charge in [-0.05, 0) is 184 Å². The van der Waals surface area contributed by atoms with Gasteiger partial charge in [-0.2, -0.15) is 15.0 Å². The van der Waals surface area contributed by atoms with Gasteiger partial charge in [-0.3, -0.25) is 14.4 Å². The second-order valence-electron chi connectivity index (χ2n) is 31.1. The number of carbonyl (C=O) groups is 3. The normalized spacial score (nSPS) is 14.5. The molecule has 0 atom stereocenters. The van der Waals surface area contributed by atoms with Crippen LogP contribution in [0.2, 0.25) is 0 Å². The molecule has 12 aromatic rings. The smallest absolute Gasteiger partial charge is 0.229 e. The molecule has 0 spiro atoms. The number of halogens is 2. The van der Waals surface area contributed by atoms with Crippen molar-refractivity contribution in [3.63, 3.8) is 0 Å². The van der Waals surface area contributed by atoms with Crippen LogP contribution in [0.4, 0.5) is 101 Å². The van der Waals surface area contributed by atoms with Crippen LogP contribution in [0.3, 0.4) is 0 Å². The Kier molecular flexibility index (Phi) is 28.8. The van der Waals surface area contributed by atoms with Gasteiger partial charge in [0, 0.05) is 210 Å². The van der Waals surface area contributed by atoms with Crippen LogP contribution in [-0.4, -0.2) is 200 Å². The number of hydrogen-bond acceptors (Lipinski definition) is 23. The van der Waals surface area contributed by atoms with E-state index in [1.54, 1.807) is 12.1 Å². The summed E-state index contributed by atoms with van der Waals surface area (Å²) in [6.07, 6.45) is 4.86. The van der Waals surface area contributed by atoms with Crippen LogP contribution in [0.15, 0.2) is 275 Å². The van der Waals surface area contributed by atoms with Gasteiger partial charge in [-0.15, -0.1) is 0 Å². The van der Waals surface area contributed by atoms with Gasteiger partial charge in [-0.25, -0.2) is 23.7 Å². The molecule has 123 heavy (non-hydrogen) atoms. The van der Waals surface area contributed by atoms with Crippen molar-refractivity contribution < 1.29 is 23.2 Å². The van der Waals surface area contributed by atoms with Gasteiger partial charge < -0.3 is 71.1 Å². The second-order valence-corrected chi connectivity index (χ2v) is 31.1. The minimum atomic E-state index is -0.340. The van der Waals surface area contributed by atoms with Crippen molar-refractivity contribution in [3.8, 4) is 33.8 Å². The number of rotatable bonds is 28. The number of aromatic nitrogens is 6. The van der Waals surface area contributed by atoms with Gasteiger partial charge in [0.25, 0.3) is 0 Å². The van der Waals surface area contributed by atoms with Crippen LogP contribution in [0.1, 0.15) is 16.7 Å². The van der Waals surface area contributed by atoms with E-state index in [0.717, 1.165) is 178 Å². The van der Waals surface area contributed by atoms with Gasteiger partial charge in [-0.1, -0.05) is 117 Å². The number of piperazine rings is 4. The molecule has 0 unspecified atom stereocenters. The summed E-state index contributed by atoms with van der Waals surface area (Å²) in [5.41, 5.74) is 16.1. The zero-order valence-corrected chi connectivity index (χ0v) is 70.0. The molecular weight excluding hydrogens is 1540 g/mol. The molecule has 4 aliphatic heterocycles. The summed E-state index contributed by atoms with van der Waals surface area (Å²) in [5, 5.41) is 20.1. The first-order chi connectivity index (χ1) is 59.8. The second kappa shape index (κ2) is 41.4. The average molecular weight is 1650 g/mol. The highest BCUT2D eigenvalue weighted by atomic mass is 19.1. The maximum absolute atomic E-state index is 15.4. The summed E-state index contributed by atoms with van der Waals surface area (Å²) < 4.78 is 29.2. The fourth-order valence-electron chi connectivity index (χ4n) is 14.8. The monoisotopic (exact) mass is 1650 g/mol. The standard InChI is InChI=1S/C36H41FN8O.C31H31FN6O.C31H32N6O/c1-4-31(46)22-26-7-5-8-27(21-26)33-25-35(38-29-11-12-34(32(37)24-29)45-19-15-43(3)16-20-45)41-36(40-33)39-28-9-6-10-30(23-28)44-17-13-42(2)14-18-44;1-3-28(39)18-22-7-4-8-23(17-22)29-21-30(33-25-10-5-9-24(32)19-25)36-31(35-29)34-26-11-6-12-27(20-26)38-15-13-37(2)14-16-38;1-3-28(38)20-23-9-7-10-24(19-23)29-22-30(32-25-11-5-4-6-12-25)35-31(34-29)33-26-13-8-14-27(21-26)37-17-15-36(2)16-18-37/h4-12,21,23-25H,1,13-20,22H2,2-3H3,(H2,38,39,40,41);3-12,17,19-21H,1,13-16,18H2,2H3,(H2,33,34,35,36);3-14,19,21-22H,1,15-18,20H2,2H3,(H2,32,33,34,35). The van der Waals surface area contributed by atoms with Crippen molar-refractivity contribution in [2.75, 3.05) is 184 Å². The van der Waals surface area contributed by atoms with E-state index in [-0.39, 0.29) is 41.8 Å². The first-order valence-electron chi connectivity index (χ1n) is 41.5. The Morgan fingerprint density at radius 2 is 0.618 bits per heavy atom. The lowest BCUT2D eigenvalue weighted by Crippen LogP contribution is -2.44. The summed E-state index contributed by atoms with van der Waals surface area (Å²) in [7, 11) is 8.53. The number of allylic oxidation sites excluding steroid dienone is 3. The Bertz CT molecular complexity index is 5690. The third-order valence-electron chi connectivity index (χ3n) is 21.8. The molecule has 25 heteroatoms. The minimum absolute atomic E-state index is 0.0149. The quantitative estimate of drug-likeness (QED) is 0.0251. The highest BCUT2D eigenvalue weighted by Gasteiger charge is 2.23. The number of carbonyl (C=O) groups excluding carboxylic acids is 3. The fourth-order valence-corrected chi connectivity index (χ4v) is 14.8. The van der Waals surface area contributed by atoms with Crippen molar-refractivity contribution in [2.24, 2.45) is 0 Å². The van der Waals surface area contributed by atoms with E-state index in [9.17, 15) is 18.8 Å². The highest BCUT2D eigenvalue weighted by Crippen LogP contribution is 2.35. The zero-order chi connectivity index (χ0) is 85.6. The molecule has 0 amide bonds. The van der Waals surface area contributed by atoms with E-state index in [1.807, 2.05) is 164 Å². The largest absolute Gasteiger partial charge is 0.369 e. The third-order valence-corrected chi connectivity index (χ3v) is 21.8. The molecule has 23 nitrogen and oxygen atoms in total. The Hall–Kier alpha value is -13.9. The molecule has 0 radical (unpaired) electrons. The van der Waals surface area contributed by atoms with Crippen molar-refractivity contribution >= 4 is 110 Å². The molecule has 0 bridgehead atoms. The van der Waals surface area contributed by atoms with Crippen molar-refractivity contribution in [1.29, 1.82) is 0 Å². The molecular formula is C98H104F2N20O3. The van der Waals surface area contributed by atoms with Crippen LogP contribution >= 0.6 is 0 Å². The van der Waals surface area contributed by atoms with Crippen molar-refractivity contribution in [3.05, 3.63) is 303 Å². The van der Waals surface area contributed by atoms with E-state index >= 15 is 4.39 Å². The number of para-hydroxylation sites is 1. The lowest BCUT2D eigenvalue weighted by molar-refractivity contribution is -0.114. The molecule has 4 aliphatic rings. The van der Waals surface area contributed by atoms with Gasteiger partial charge in [0.2, 0.25) is 17.8 Å². The maximum Gasteiger partial charge on any atom is 0.229 e. The van der Waals surface area contributed by atoms with E-state index in [4.69, 9.17) is 24.9 Å². The number of likely N-dealkylation sites (N-methyl/N-ethyl adjacent to an activating group) is 4. The van der Waals surface area contributed by atoms with Gasteiger partial charge in [0.05, 0.1) is 22.8 Å². The number of anilines is 16. The minimum Gasteiger partial charge on any atom is -0.369 e.